The SMILES string of the molecule is COC(=O)C(C)(CCCCB1OC(C)(C)C(C)(C)O1)N=C(c1ccccc1)c1ccccc1. The monoisotopic (exact) mass is 449 g/mol. The first-order valence-electron chi connectivity index (χ1n) is 11.7. The minimum absolute atomic E-state index is 0.230. The number of esters is 1. The highest BCUT2D eigenvalue weighted by atomic mass is 16.7. The molecule has 0 radical (unpaired) electrons. The van der Waals surface area contributed by atoms with E-state index in [0.717, 1.165) is 36.0 Å². The van der Waals surface area contributed by atoms with Crippen molar-refractivity contribution in [1.82, 2.24) is 0 Å². The molecule has 1 saturated heterocycles. The first-order valence-corrected chi connectivity index (χ1v) is 11.7. The molecule has 0 aliphatic carbocycles. The van der Waals surface area contributed by atoms with Crippen LogP contribution in [0.4, 0.5) is 0 Å². The normalized spacial score (nSPS) is 18.4. The smallest absolute Gasteiger partial charge is 0.457 e. The Labute approximate surface area is 198 Å². The van der Waals surface area contributed by atoms with E-state index in [9.17, 15) is 4.79 Å². The molecule has 0 N–H and O–H groups in total. The third kappa shape index (κ3) is 5.93. The van der Waals surface area contributed by atoms with Gasteiger partial charge in [-0.2, -0.15) is 0 Å². The second-order valence-electron chi connectivity index (χ2n) is 9.89. The van der Waals surface area contributed by atoms with Crippen LogP contribution in [0.15, 0.2) is 65.7 Å². The zero-order valence-electron chi connectivity index (χ0n) is 20.8. The van der Waals surface area contributed by atoms with Gasteiger partial charge in [0.25, 0.3) is 0 Å². The maximum atomic E-state index is 12.9. The summed E-state index contributed by atoms with van der Waals surface area (Å²) in [5, 5.41) is 0. The van der Waals surface area contributed by atoms with E-state index in [1.54, 1.807) is 0 Å². The van der Waals surface area contributed by atoms with Crippen molar-refractivity contribution >= 4 is 18.8 Å². The van der Waals surface area contributed by atoms with Crippen LogP contribution < -0.4 is 0 Å². The van der Waals surface area contributed by atoms with Gasteiger partial charge in [-0.3, -0.25) is 4.99 Å². The molecule has 0 bridgehead atoms. The van der Waals surface area contributed by atoms with Gasteiger partial charge in [0, 0.05) is 11.1 Å². The number of nitrogens with zero attached hydrogens (tertiary/aromatic N) is 1. The van der Waals surface area contributed by atoms with Crippen LogP contribution in [0.2, 0.25) is 6.32 Å². The number of benzene rings is 2. The Hall–Kier alpha value is -2.44. The maximum absolute atomic E-state index is 12.9. The number of aliphatic imine (C=N–C) groups is 1. The summed E-state index contributed by atoms with van der Waals surface area (Å²) in [6.45, 7) is 10.1. The average Bonchev–Trinajstić information content (AvgIpc) is 3.01. The van der Waals surface area contributed by atoms with Gasteiger partial charge in [-0.15, -0.1) is 0 Å². The summed E-state index contributed by atoms with van der Waals surface area (Å²) in [7, 11) is 1.19. The Morgan fingerprint density at radius 3 is 1.85 bits per heavy atom. The van der Waals surface area contributed by atoms with Crippen molar-refractivity contribution in [3.63, 3.8) is 0 Å². The number of ether oxygens (including phenoxy) is 1. The van der Waals surface area contributed by atoms with Gasteiger partial charge in [-0.1, -0.05) is 73.5 Å². The lowest BCUT2D eigenvalue weighted by molar-refractivity contribution is -0.146. The summed E-state index contributed by atoms with van der Waals surface area (Å²) in [6, 6.07) is 19.9. The van der Waals surface area contributed by atoms with E-state index in [1.165, 1.54) is 7.11 Å². The third-order valence-electron chi connectivity index (χ3n) is 6.73. The predicted octanol–water partition coefficient (Wildman–Crippen LogP) is 5.72. The Balaban J connectivity index is 1.77. The van der Waals surface area contributed by atoms with Crippen LogP contribution in [-0.2, 0) is 18.8 Å². The van der Waals surface area contributed by atoms with Gasteiger partial charge in [-0.25, -0.2) is 4.79 Å². The van der Waals surface area contributed by atoms with Gasteiger partial charge in [0.05, 0.1) is 24.0 Å². The van der Waals surface area contributed by atoms with Crippen LogP contribution in [0.1, 0.15) is 65.0 Å². The number of hydrogen-bond donors (Lipinski definition) is 0. The van der Waals surface area contributed by atoms with Crippen LogP contribution in [0.25, 0.3) is 0 Å². The molecule has 1 unspecified atom stereocenters. The highest BCUT2D eigenvalue weighted by Crippen LogP contribution is 2.38. The minimum atomic E-state index is -0.994. The van der Waals surface area contributed by atoms with E-state index in [2.05, 4.69) is 27.7 Å². The van der Waals surface area contributed by atoms with Gasteiger partial charge >= 0.3 is 13.1 Å². The van der Waals surface area contributed by atoms with Gasteiger partial charge in [0.15, 0.2) is 5.54 Å². The van der Waals surface area contributed by atoms with Crippen molar-refractivity contribution in [1.29, 1.82) is 0 Å². The summed E-state index contributed by atoms with van der Waals surface area (Å²) in [4.78, 5) is 17.9. The molecule has 6 heteroatoms. The van der Waals surface area contributed by atoms with Crippen molar-refractivity contribution in [2.75, 3.05) is 7.11 Å². The molecular formula is C27H36BNO4. The van der Waals surface area contributed by atoms with E-state index in [-0.39, 0.29) is 24.3 Å². The zero-order valence-corrected chi connectivity index (χ0v) is 20.8. The van der Waals surface area contributed by atoms with Crippen LogP contribution in [0.5, 0.6) is 0 Å². The van der Waals surface area contributed by atoms with Crippen LogP contribution in [-0.4, -0.2) is 42.7 Å². The van der Waals surface area contributed by atoms with Gasteiger partial charge in [0.2, 0.25) is 0 Å². The first kappa shape index (κ1) is 25.2. The van der Waals surface area contributed by atoms with Crippen molar-refractivity contribution < 1.29 is 18.8 Å². The maximum Gasteiger partial charge on any atom is 0.457 e. The second kappa shape index (κ2) is 10.2. The molecule has 1 aliphatic rings. The number of carbonyl (C=O) groups excluding carboxylic acids is 1. The van der Waals surface area contributed by atoms with Gasteiger partial charge in [-0.05, 0) is 47.4 Å². The molecule has 0 amide bonds. The quantitative estimate of drug-likeness (QED) is 0.213. The molecule has 5 nitrogen and oxygen atoms in total. The predicted molar refractivity (Wildman–Crippen MR) is 134 cm³/mol. The standard InChI is InChI=1S/C27H36BNO4/c1-25(2)26(3,4)33-28(32-25)20-14-13-19-27(5,24(30)31-6)29-23(21-15-9-7-10-16-21)22-17-11-8-12-18-22/h7-12,15-18H,13-14,19-20H2,1-6H3. The lowest BCUT2D eigenvalue weighted by atomic mass is 9.81. The van der Waals surface area contributed by atoms with E-state index in [4.69, 9.17) is 19.0 Å². The molecule has 2 aromatic rings. The molecule has 1 atom stereocenters. The number of unbranched alkanes of at least 4 members (excludes halogenated alkanes) is 1. The fourth-order valence-corrected chi connectivity index (χ4v) is 4.02. The van der Waals surface area contributed by atoms with E-state index >= 15 is 0 Å². The lowest BCUT2D eigenvalue weighted by Gasteiger charge is -2.32. The zero-order chi connectivity index (χ0) is 24.1. The van der Waals surface area contributed by atoms with Crippen LogP contribution >= 0.6 is 0 Å². The lowest BCUT2D eigenvalue weighted by Crippen LogP contribution is -2.41. The summed E-state index contributed by atoms with van der Waals surface area (Å²) in [6.07, 6.45) is 3.02. The largest absolute Gasteiger partial charge is 0.467 e. The highest BCUT2D eigenvalue weighted by molar-refractivity contribution is 6.45. The summed E-state index contributed by atoms with van der Waals surface area (Å²) in [5.74, 6) is -0.331. The van der Waals surface area contributed by atoms with E-state index < -0.39 is 5.54 Å². The topological polar surface area (TPSA) is 57.1 Å². The van der Waals surface area contributed by atoms with E-state index in [0.29, 0.717) is 6.42 Å². The number of methoxy groups -OCH3 is 1. The van der Waals surface area contributed by atoms with Gasteiger partial charge < -0.3 is 14.0 Å². The fourth-order valence-electron chi connectivity index (χ4n) is 4.02. The fraction of sp³-hybridized carbons (Fsp3) is 0.481. The van der Waals surface area contributed by atoms with Crippen molar-refractivity contribution in [3.8, 4) is 0 Å². The highest BCUT2D eigenvalue weighted by Gasteiger charge is 2.50. The Kier molecular flexibility index (Phi) is 7.81. The molecule has 3 rings (SSSR count). The molecule has 176 valence electrons. The molecular weight excluding hydrogens is 413 g/mol. The third-order valence-corrected chi connectivity index (χ3v) is 6.73. The molecule has 0 aromatic heterocycles. The molecule has 2 aromatic carbocycles. The minimum Gasteiger partial charge on any atom is -0.467 e. The molecule has 1 fully saturated rings. The summed E-state index contributed by atoms with van der Waals surface area (Å²) >= 11 is 0. The summed E-state index contributed by atoms with van der Waals surface area (Å²) in [5.41, 5.74) is 1.07. The molecule has 1 aliphatic heterocycles. The van der Waals surface area contributed by atoms with Crippen molar-refractivity contribution in [2.24, 2.45) is 4.99 Å². The Bertz CT molecular complexity index is 901. The molecule has 0 saturated carbocycles. The van der Waals surface area contributed by atoms with Crippen molar-refractivity contribution in [2.45, 2.75) is 76.9 Å². The average molecular weight is 449 g/mol. The van der Waals surface area contributed by atoms with Crippen LogP contribution in [0.3, 0.4) is 0 Å². The molecule has 33 heavy (non-hydrogen) atoms. The Morgan fingerprint density at radius 2 is 1.39 bits per heavy atom. The molecule has 1 heterocycles. The number of rotatable bonds is 9. The first-order chi connectivity index (χ1) is 15.6. The second-order valence-corrected chi connectivity index (χ2v) is 9.89. The number of hydrogen-bond acceptors (Lipinski definition) is 5. The van der Waals surface area contributed by atoms with Gasteiger partial charge in [0.1, 0.15) is 0 Å². The van der Waals surface area contributed by atoms with Crippen LogP contribution in [0, 0.1) is 0 Å². The summed E-state index contributed by atoms with van der Waals surface area (Å²) < 4.78 is 17.4. The number of carbonyl (C=O) groups is 1. The van der Waals surface area contributed by atoms with E-state index in [1.807, 2.05) is 67.6 Å². The molecule has 0 spiro atoms. The van der Waals surface area contributed by atoms with Crippen molar-refractivity contribution in [3.05, 3.63) is 71.8 Å². The Morgan fingerprint density at radius 1 is 0.909 bits per heavy atom.